The van der Waals surface area contributed by atoms with E-state index in [2.05, 4.69) is 5.32 Å². The molecule has 1 aliphatic heterocycles. The Kier molecular flexibility index (Phi) is 2.75. The number of carbonyl (C=O) groups excluding carboxylic acids is 1. The quantitative estimate of drug-likeness (QED) is 0.770. The van der Waals surface area contributed by atoms with E-state index in [0.29, 0.717) is 17.9 Å². The molecule has 17 heavy (non-hydrogen) atoms. The molecule has 90 valence electrons. The van der Waals surface area contributed by atoms with Crippen molar-refractivity contribution in [2.24, 2.45) is 5.92 Å². The third-order valence-electron chi connectivity index (χ3n) is 2.96. The van der Waals surface area contributed by atoms with Crippen LogP contribution in [0.4, 0.5) is 11.4 Å². The summed E-state index contributed by atoms with van der Waals surface area (Å²) in [4.78, 5) is 24.3. The number of rotatable bonds is 1. The van der Waals surface area contributed by atoms with Crippen molar-refractivity contribution in [3.8, 4) is 0 Å². The lowest BCUT2D eigenvalue weighted by Crippen LogP contribution is -2.31. The number of anilines is 2. The van der Waals surface area contributed by atoms with Gasteiger partial charge in [0.15, 0.2) is 0 Å². The van der Waals surface area contributed by atoms with Crippen LogP contribution in [0, 0.1) is 5.92 Å². The third-order valence-corrected chi connectivity index (χ3v) is 2.96. The SMILES string of the molecule is CC1CNc2cc(C(=O)O)ccc2N(C)C1=O. The van der Waals surface area contributed by atoms with Crippen molar-refractivity contribution in [3.05, 3.63) is 23.8 Å². The Balaban J connectivity index is 2.47. The van der Waals surface area contributed by atoms with Crippen molar-refractivity contribution < 1.29 is 14.7 Å². The molecule has 2 rings (SSSR count). The van der Waals surface area contributed by atoms with Crippen molar-refractivity contribution >= 4 is 23.3 Å². The fraction of sp³-hybridized carbons (Fsp3) is 0.333. The van der Waals surface area contributed by atoms with Crippen molar-refractivity contribution in [2.45, 2.75) is 6.92 Å². The normalized spacial score (nSPS) is 19.3. The molecule has 5 nitrogen and oxygen atoms in total. The van der Waals surface area contributed by atoms with E-state index in [-0.39, 0.29) is 17.4 Å². The van der Waals surface area contributed by atoms with Crippen molar-refractivity contribution in [1.29, 1.82) is 0 Å². The monoisotopic (exact) mass is 234 g/mol. The topological polar surface area (TPSA) is 69.6 Å². The highest BCUT2D eigenvalue weighted by molar-refractivity contribution is 6.00. The number of hydrogen-bond acceptors (Lipinski definition) is 3. The Morgan fingerprint density at radius 1 is 1.53 bits per heavy atom. The minimum absolute atomic E-state index is 0.0272. The molecule has 0 fully saturated rings. The van der Waals surface area contributed by atoms with Crippen LogP contribution in [0.15, 0.2) is 18.2 Å². The first-order chi connectivity index (χ1) is 8.00. The lowest BCUT2D eigenvalue weighted by molar-refractivity contribution is -0.121. The zero-order valence-electron chi connectivity index (χ0n) is 9.73. The summed E-state index contributed by atoms with van der Waals surface area (Å²) in [5, 5.41) is 12.0. The maximum atomic E-state index is 11.9. The van der Waals surface area contributed by atoms with Gasteiger partial charge in [0.2, 0.25) is 5.91 Å². The number of amides is 1. The van der Waals surface area contributed by atoms with Gasteiger partial charge in [0.05, 0.1) is 22.9 Å². The molecule has 1 heterocycles. The van der Waals surface area contributed by atoms with Crippen molar-refractivity contribution in [1.82, 2.24) is 0 Å². The first kappa shape index (κ1) is 11.4. The summed E-state index contributed by atoms with van der Waals surface area (Å²) < 4.78 is 0. The maximum absolute atomic E-state index is 11.9. The highest BCUT2D eigenvalue weighted by atomic mass is 16.4. The van der Waals surface area contributed by atoms with Crippen LogP contribution in [-0.2, 0) is 4.79 Å². The van der Waals surface area contributed by atoms with Crippen LogP contribution in [-0.4, -0.2) is 30.6 Å². The number of aromatic carboxylic acids is 1. The van der Waals surface area contributed by atoms with Gasteiger partial charge in [0.25, 0.3) is 0 Å². The third kappa shape index (κ3) is 1.95. The standard InChI is InChI=1S/C12H14N2O3/c1-7-6-13-9-5-8(12(16)17)3-4-10(9)14(2)11(7)15/h3-5,7,13H,6H2,1-2H3,(H,16,17). The summed E-state index contributed by atoms with van der Waals surface area (Å²) in [7, 11) is 1.70. The molecule has 1 amide bonds. The predicted molar refractivity (Wildman–Crippen MR) is 64.5 cm³/mol. The molecule has 0 bridgehead atoms. The van der Waals surface area contributed by atoms with Gasteiger partial charge in [-0.2, -0.15) is 0 Å². The van der Waals surface area contributed by atoms with Gasteiger partial charge in [-0.05, 0) is 18.2 Å². The Labute approximate surface area is 99.0 Å². The zero-order chi connectivity index (χ0) is 12.6. The molecule has 0 aromatic heterocycles. The Morgan fingerprint density at radius 3 is 2.88 bits per heavy atom. The number of nitrogens with zero attached hydrogens (tertiary/aromatic N) is 1. The molecule has 2 N–H and O–H groups in total. The van der Waals surface area contributed by atoms with E-state index < -0.39 is 5.97 Å². The fourth-order valence-electron chi connectivity index (χ4n) is 1.90. The highest BCUT2D eigenvalue weighted by Crippen LogP contribution is 2.30. The second kappa shape index (κ2) is 4.08. The summed E-state index contributed by atoms with van der Waals surface area (Å²) in [5.74, 6) is -1.07. The van der Waals surface area contributed by atoms with Crippen LogP contribution < -0.4 is 10.2 Å². The molecule has 1 aromatic carbocycles. The van der Waals surface area contributed by atoms with E-state index in [4.69, 9.17) is 5.11 Å². The molecule has 0 aliphatic carbocycles. The van der Waals surface area contributed by atoms with Crippen LogP contribution in [0.5, 0.6) is 0 Å². The number of carbonyl (C=O) groups is 2. The summed E-state index contributed by atoms with van der Waals surface area (Å²) in [5.41, 5.74) is 1.61. The molecule has 0 radical (unpaired) electrons. The van der Waals surface area contributed by atoms with Gasteiger partial charge >= 0.3 is 5.97 Å². The fourth-order valence-corrected chi connectivity index (χ4v) is 1.90. The van der Waals surface area contributed by atoms with Gasteiger partial charge in [-0.25, -0.2) is 4.79 Å². The molecule has 0 saturated carbocycles. The van der Waals surface area contributed by atoms with Crippen molar-refractivity contribution in [3.63, 3.8) is 0 Å². The maximum Gasteiger partial charge on any atom is 0.335 e. The van der Waals surface area contributed by atoms with Crippen LogP contribution >= 0.6 is 0 Å². The van der Waals surface area contributed by atoms with Gasteiger partial charge in [0, 0.05) is 13.6 Å². The number of fused-ring (bicyclic) bond motifs is 1. The van der Waals surface area contributed by atoms with E-state index >= 15 is 0 Å². The molecule has 1 unspecified atom stereocenters. The number of nitrogens with one attached hydrogen (secondary N) is 1. The predicted octanol–water partition coefficient (Wildman–Crippen LogP) is 1.41. The molecular formula is C12H14N2O3. The average molecular weight is 234 g/mol. The highest BCUT2D eigenvalue weighted by Gasteiger charge is 2.24. The molecule has 5 heteroatoms. The molecule has 0 spiro atoms. The molecule has 1 atom stereocenters. The molecule has 1 aliphatic rings. The molecule has 0 saturated heterocycles. The van der Waals surface area contributed by atoms with Crippen LogP contribution in [0.2, 0.25) is 0 Å². The number of carboxylic acids is 1. The second-order valence-corrected chi connectivity index (χ2v) is 4.22. The van der Waals surface area contributed by atoms with Gasteiger partial charge in [-0.1, -0.05) is 6.92 Å². The first-order valence-corrected chi connectivity index (χ1v) is 5.39. The number of benzene rings is 1. The minimum Gasteiger partial charge on any atom is -0.478 e. The van der Waals surface area contributed by atoms with Gasteiger partial charge in [-0.15, -0.1) is 0 Å². The lowest BCUT2D eigenvalue weighted by atomic mass is 10.1. The minimum atomic E-state index is -0.971. The first-order valence-electron chi connectivity index (χ1n) is 5.39. The van der Waals surface area contributed by atoms with Gasteiger partial charge in [-0.3, -0.25) is 4.79 Å². The van der Waals surface area contributed by atoms with E-state index in [0.717, 1.165) is 0 Å². The zero-order valence-corrected chi connectivity index (χ0v) is 9.73. The average Bonchev–Trinajstić information content (AvgIpc) is 2.42. The smallest absolute Gasteiger partial charge is 0.335 e. The lowest BCUT2D eigenvalue weighted by Gasteiger charge is -2.18. The Bertz CT molecular complexity index is 485. The number of carboxylic acid groups (broad SMARTS) is 1. The van der Waals surface area contributed by atoms with E-state index in [9.17, 15) is 9.59 Å². The number of hydrogen-bond donors (Lipinski definition) is 2. The summed E-state index contributed by atoms with van der Waals surface area (Å²) >= 11 is 0. The van der Waals surface area contributed by atoms with Gasteiger partial charge in [0.1, 0.15) is 0 Å². The van der Waals surface area contributed by atoms with Crippen LogP contribution in [0.3, 0.4) is 0 Å². The van der Waals surface area contributed by atoms with Gasteiger partial charge < -0.3 is 15.3 Å². The Morgan fingerprint density at radius 2 is 2.24 bits per heavy atom. The molecule has 1 aromatic rings. The summed E-state index contributed by atoms with van der Waals surface area (Å²) in [6, 6.07) is 4.71. The van der Waals surface area contributed by atoms with Crippen LogP contribution in [0.1, 0.15) is 17.3 Å². The summed E-state index contributed by atoms with van der Waals surface area (Å²) in [6.07, 6.45) is 0. The summed E-state index contributed by atoms with van der Waals surface area (Å²) in [6.45, 7) is 2.36. The van der Waals surface area contributed by atoms with E-state index in [1.807, 2.05) is 6.92 Å². The molecular weight excluding hydrogens is 220 g/mol. The van der Waals surface area contributed by atoms with Crippen molar-refractivity contribution in [2.75, 3.05) is 23.8 Å². The van der Waals surface area contributed by atoms with E-state index in [1.165, 1.54) is 6.07 Å². The second-order valence-electron chi connectivity index (χ2n) is 4.22. The Hall–Kier alpha value is -2.04. The van der Waals surface area contributed by atoms with Crippen LogP contribution in [0.25, 0.3) is 0 Å². The largest absolute Gasteiger partial charge is 0.478 e. The van der Waals surface area contributed by atoms with E-state index in [1.54, 1.807) is 24.1 Å².